The van der Waals surface area contributed by atoms with Crippen LogP contribution in [0.2, 0.25) is 0 Å². The van der Waals surface area contributed by atoms with E-state index >= 15 is 0 Å². The zero-order valence-electron chi connectivity index (χ0n) is 15.2. The molecular formula is C16H26N4O4S. The minimum absolute atomic E-state index is 0.00699. The lowest BCUT2D eigenvalue weighted by Gasteiger charge is -2.43. The maximum Gasteiger partial charge on any atom is 0.410 e. The van der Waals surface area contributed by atoms with E-state index in [2.05, 4.69) is 14.9 Å². The van der Waals surface area contributed by atoms with E-state index in [4.69, 9.17) is 4.74 Å². The molecule has 2 saturated heterocycles. The summed E-state index contributed by atoms with van der Waals surface area (Å²) in [5.41, 5.74) is 1.29. The van der Waals surface area contributed by atoms with Crippen LogP contribution in [0.1, 0.15) is 32.2 Å². The van der Waals surface area contributed by atoms with Crippen LogP contribution in [-0.2, 0) is 21.1 Å². The predicted octanol–water partition coefficient (Wildman–Crippen LogP) is 0.936. The summed E-state index contributed by atoms with van der Waals surface area (Å²) in [4.78, 5) is 23.6. The summed E-state index contributed by atoms with van der Waals surface area (Å²) in [5.74, 6) is 0.0629. The first-order chi connectivity index (χ1) is 11.6. The lowest BCUT2D eigenvalue weighted by Crippen LogP contribution is -2.60. The molecule has 9 heteroatoms. The Labute approximate surface area is 148 Å². The molecule has 2 unspecified atom stereocenters. The van der Waals surface area contributed by atoms with Gasteiger partial charge in [-0.3, -0.25) is 4.90 Å². The van der Waals surface area contributed by atoms with E-state index in [0.29, 0.717) is 19.6 Å². The second-order valence-electron chi connectivity index (χ2n) is 7.83. The van der Waals surface area contributed by atoms with E-state index in [9.17, 15) is 13.2 Å². The molecule has 1 aromatic heterocycles. The molecule has 25 heavy (non-hydrogen) atoms. The zero-order chi connectivity index (χ0) is 18.4. The first kappa shape index (κ1) is 18.2. The highest BCUT2D eigenvalue weighted by atomic mass is 32.2. The molecule has 3 rings (SSSR count). The van der Waals surface area contributed by atoms with Gasteiger partial charge in [0.05, 0.1) is 29.6 Å². The van der Waals surface area contributed by atoms with Crippen molar-refractivity contribution in [3.8, 4) is 0 Å². The van der Waals surface area contributed by atoms with Crippen LogP contribution in [0.25, 0.3) is 0 Å². The molecule has 1 amide bonds. The second kappa shape index (κ2) is 6.28. The number of ether oxygens (including phenoxy) is 1. The van der Waals surface area contributed by atoms with Crippen molar-refractivity contribution in [3.05, 3.63) is 17.7 Å². The van der Waals surface area contributed by atoms with Gasteiger partial charge in [0.1, 0.15) is 5.60 Å². The van der Waals surface area contributed by atoms with Gasteiger partial charge in [-0.1, -0.05) is 0 Å². The highest BCUT2D eigenvalue weighted by Gasteiger charge is 2.49. The molecule has 0 radical (unpaired) electrons. The molecule has 0 aromatic carbocycles. The Morgan fingerprint density at radius 2 is 2.00 bits per heavy atom. The number of nitrogens with zero attached hydrogens (tertiary/aromatic N) is 3. The fraction of sp³-hybridized carbons (Fsp3) is 0.750. The van der Waals surface area contributed by atoms with Crippen LogP contribution in [-0.4, -0.2) is 76.6 Å². The van der Waals surface area contributed by atoms with E-state index in [-0.39, 0.29) is 23.6 Å². The zero-order valence-corrected chi connectivity index (χ0v) is 16.0. The van der Waals surface area contributed by atoms with Crippen LogP contribution in [0, 0.1) is 6.92 Å². The number of carbonyl (C=O) groups is 1. The highest BCUT2D eigenvalue weighted by Crippen LogP contribution is 2.29. The standard InChI is InChI=1S/C16H26N4O4S/c1-11-12(18-10-17-11)7-19-5-6-20(15(21)24-16(2,3)4)14-9-25(22,23)8-13(14)19/h10,13-14H,5-9H2,1-4H3,(H,17,18). The van der Waals surface area contributed by atoms with Gasteiger partial charge in [-0.05, 0) is 27.7 Å². The smallest absolute Gasteiger partial charge is 0.410 e. The molecule has 0 aliphatic carbocycles. The molecular weight excluding hydrogens is 344 g/mol. The summed E-state index contributed by atoms with van der Waals surface area (Å²) in [6.45, 7) is 9.01. The molecule has 2 fully saturated rings. The number of aromatic nitrogens is 2. The minimum atomic E-state index is -3.18. The average molecular weight is 370 g/mol. The second-order valence-corrected chi connectivity index (χ2v) is 9.98. The average Bonchev–Trinajstić information content (AvgIpc) is 2.99. The van der Waals surface area contributed by atoms with Crippen molar-refractivity contribution >= 4 is 15.9 Å². The Hall–Kier alpha value is -1.61. The van der Waals surface area contributed by atoms with E-state index in [1.165, 1.54) is 0 Å². The largest absolute Gasteiger partial charge is 0.444 e. The summed E-state index contributed by atoms with van der Waals surface area (Å²) < 4.78 is 29.9. The molecule has 0 bridgehead atoms. The molecule has 2 atom stereocenters. The molecule has 0 saturated carbocycles. The third-order valence-corrected chi connectivity index (χ3v) is 6.40. The van der Waals surface area contributed by atoms with Gasteiger partial charge >= 0.3 is 6.09 Å². The maximum absolute atomic E-state index is 12.5. The highest BCUT2D eigenvalue weighted by molar-refractivity contribution is 7.91. The van der Waals surface area contributed by atoms with E-state index in [0.717, 1.165) is 11.4 Å². The maximum atomic E-state index is 12.5. The van der Waals surface area contributed by atoms with Gasteiger partial charge in [0, 0.05) is 31.4 Å². The lowest BCUT2D eigenvalue weighted by atomic mass is 10.0. The minimum Gasteiger partial charge on any atom is -0.444 e. The first-order valence-corrected chi connectivity index (χ1v) is 10.3. The van der Waals surface area contributed by atoms with Crippen LogP contribution in [0.4, 0.5) is 4.79 Å². The molecule has 3 heterocycles. The Kier molecular flexibility index (Phi) is 4.57. The number of imidazole rings is 1. The van der Waals surface area contributed by atoms with Crippen molar-refractivity contribution in [2.75, 3.05) is 24.6 Å². The number of carbonyl (C=O) groups excluding carboxylic acids is 1. The van der Waals surface area contributed by atoms with Crippen LogP contribution in [0.15, 0.2) is 6.33 Å². The molecule has 1 aromatic rings. The Bertz CT molecular complexity index is 752. The van der Waals surface area contributed by atoms with Crippen LogP contribution in [0.3, 0.4) is 0 Å². The normalized spacial score (nSPS) is 26.5. The number of hydrogen-bond donors (Lipinski definition) is 1. The number of nitrogens with one attached hydrogen (secondary N) is 1. The van der Waals surface area contributed by atoms with Gasteiger partial charge in [0.2, 0.25) is 0 Å². The van der Waals surface area contributed by atoms with E-state index in [1.54, 1.807) is 11.2 Å². The quantitative estimate of drug-likeness (QED) is 0.832. The van der Waals surface area contributed by atoms with E-state index < -0.39 is 21.5 Å². The molecule has 0 spiro atoms. The van der Waals surface area contributed by atoms with E-state index in [1.807, 2.05) is 27.7 Å². The molecule has 8 nitrogen and oxygen atoms in total. The third kappa shape index (κ3) is 3.98. The summed E-state index contributed by atoms with van der Waals surface area (Å²) >= 11 is 0. The third-order valence-electron chi connectivity index (χ3n) is 4.71. The summed E-state index contributed by atoms with van der Waals surface area (Å²) in [6, 6.07) is -0.588. The SMILES string of the molecule is Cc1[nH]cnc1CN1CCN(C(=O)OC(C)(C)C)C2CS(=O)(=O)CC21. The van der Waals surface area contributed by atoms with Crippen molar-refractivity contribution < 1.29 is 17.9 Å². The number of sulfone groups is 1. The van der Waals surface area contributed by atoms with Crippen molar-refractivity contribution in [2.45, 2.75) is 51.9 Å². The number of rotatable bonds is 2. The number of amides is 1. The van der Waals surface area contributed by atoms with Gasteiger partial charge in [-0.2, -0.15) is 0 Å². The number of fused-ring (bicyclic) bond motifs is 1. The first-order valence-electron chi connectivity index (χ1n) is 8.49. The van der Waals surface area contributed by atoms with Gasteiger partial charge < -0.3 is 14.6 Å². The molecule has 2 aliphatic rings. The number of piperazine rings is 1. The monoisotopic (exact) mass is 370 g/mol. The van der Waals surface area contributed by atoms with Crippen LogP contribution < -0.4 is 0 Å². The fourth-order valence-corrected chi connectivity index (χ4v) is 5.52. The molecule has 1 N–H and O–H groups in total. The topological polar surface area (TPSA) is 95.6 Å². The number of hydrogen-bond acceptors (Lipinski definition) is 6. The predicted molar refractivity (Wildman–Crippen MR) is 92.9 cm³/mol. The van der Waals surface area contributed by atoms with Gasteiger partial charge in [0.15, 0.2) is 9.84 Å². The van der Waals surface area contributed by atoms with Crippen LogP contribution in [0.5, 0.6) is 0 Å². The number of aryl methyl sites for hydroxylation is 1. The summed E-state index contributed by atoms with van der Waals surface area (Å²) in [6.07, 6.45) is 1.21. The summed E-state index contributed by atoms with van der Waals surface area (Å²) in [7, 11) is -3.18. The number of H-pyrrole nitrogens is 1. The lowest BCUT2D eigenvalue weighted by molar-refractivity contribution is -0.0107. The van der Waals surface area contributed by atoms with Crippen molar-refractivity contribution in [3.63, 3.8) is 0 Å². The Morgan fingerprint density at radius 1 is 1.32 bits per heavy atom. The Morgan fingerprint density at radius 3 is 2.60 bits per heavy atom. The van der Waals surface area contributed by atoms with Gasteiger partial charge in [-0.25, -0.2) is 18.2 Å². The van der Waals surface area contributed by atoms with Gasteiger partial charge in [-0.15, -0.1) is 0 Å². The van der Waals surface area contributed by atoms with Crippen molar-refractivity contribution in [2.24, 2.45) is 0 Å². The van der Waals surface area contributed by atoms with Crippen LogP contribution >= 0.6 is 0 Å². The van der Waals surface area contributed by atoms with Gasteiger partial charge in [0.25, 0.3) is 0 Å². The van der Waals surface area contributed by atoms with Crippen molar-refractivity contribution in [1.29, 1.82) is 0 Å². The summed E-state index contributed by atoms with van der Waals surface area (Å²) in [5, 5.41) is 0. The fourth-order valence-electron chi connectivity index (χ4n) is 3.51. The molecule has 2 aliphatic heterocycles. The number of aromatic amines is 1. The Balaban J connectivity index is 1.80. The molecule has 140 valence electrons. The van der Waals surface area contributed by atoms with Crippen molar-refractivity contribution in [1.82, 2.24) is 19.8 Å².